The summed E-state index contributed by atoms with van der Waals surface area (Å²) in [6, 6.07) is 0. The Morgan fingerprint density at radius 3 is 2.92 bits per heavy atom. The highest BCUT2D eigenvalue weighted by Crippen LogP contribution is 2.54. The number of hydrogen-bond acceptors (Lipinski definition) is 2. The van der Waals surface area contributed by atoms with Gasteiger partial charge in [0, 0.05) is 15.9 Å². The maximum atomic E-state index is 4.10. The minimum atomic E-state index is 0.562. The first-order valence-electron chi connectivity index (χ1n) is 4.24. The molecule has 0 aliphatic heterocycles. The van der Waals surface area contributed by atoms with Crippen LogP contribution in [-0.2, 0) is 6.42 Å². The fourth-order valence-corrected chi connectivity index (χ4v) is 2.92. The molecule has 1 aliphatic carbocycles. The van der Waals surface area contributed by atoms with Gasteiger partial charge in [0.25, 0.3) is 0 Å². The van der Waals surface area contributed by atoms with Crippen molar-refractivity contribution in [1.82, 2.24) is 4.98 Å². The molecule has 12 heavy (non-hydrogen) atoms. The predicted molar refractivity (Wildman–Crippen MR) is 55.9 cm³/mol. The van der Waals surface area contributed by atoms with Gasteiger partial charge in [-0.15, -0.1) is 11.3 Å². The van der Waals surface area contributed by atoms with Crippen LogP contribution < -0.4 is 0 Å². The molecule has 0 bridgehead atoms. The van der Waals surface area contributed by atoms with Gasteiger partial charge < -0.3 is 0 Å². The second kappa shape index (κ2) is 3.11. The highest BCUT2D eigenvalue weighted by atomic mass is 79.9. The Bertz CT molecular complexity index is 252. The third-order valence-corrected chi connectivity index (χ3v) is 4.50. The SMILES string of the molecule is CC(Br)C1(Cc2cncs2)CC1. The molecule has 1 saturated carbocycles. The summed E-state index contributed by atoms with van der Waals surface area (Å²) in [4.78, 5) is 6.17. The number of alkyl halides is 1. The molecule has 1 unspecified atom stereocenters. The molecular formula is C9H12BrNS. The molecule has 3 heteroatoms. The van der Waals surface area contributed by atoms with Crippen LogP contribution in [0.3, 0.4) is 0 Å². The molecule has 1 aromatic rings. The van der Waals surface area contributed by atoms with E-state index in [9.17, 15) is 0 Å². The molecule has 1 heterocycles. The largest absolute Gasteiger partial charge is 0.253 e. The zero-order chi connectivity index (χ0) is 8.60. The quantitative estimate of drug-likeness (QED) is 0.746. The van der Waals surface area contributed by atoms with E-state index in [0.29, 0.717) is 10.2 Å². The summed E-state index contributed by atoms with van der Waals surface area (Å²) in [5, 5.41) is 0. The minimum absolute atomic E-state index is 0.562. The number of rotatable bonds is 3. The van der Waals surface area contributed by atoms with Crippen LogP contribution in [0.25, 0.3) is 0 Å². The average Bonchev–Trinajstić information content (AvgIpc) is 2.60. The van der Waals surface area contributed by atoms with Crippen molar-refractivity contribution in [1.29, 1.82) is 0 Å². The van der Waals surface area contributed by atoms with E-state index in [0.717, 1.165) is 0 Å². The van der Waals surface area contributed by atoms with Crippen molar-refractivity contribution in [2.24, 2.45) is 5.41 Å². The molecule has 1 atom stereocenters. The summed E-state index contributed by atoms with van der Waals surface area (Å²) in [7, 11) is 0. The van der Waals surface area contributed by atoms with Crippen LogP contribution in [0.4, 0.5) is 0 Å². The smallest absolute Gasteiger partial charge is 0.0794 e. The number of nitrogens with zero attached hydrogens (tertiary/aromatic N) is 1. The van der Waals surface area contributed by atoms with Crippen LogP contribution in [0.2, 0.25) is 0 Å². The lowest BCUT2D eigenvalue weighted by Crippen LogP contribution is -2.14. The van der Waals surface area contributed by atoms with E-state index in [1.165, 1.54) is 24.1 Å². The minimum Gasteiger partial charge on any atom is -0.253 e. The Morgan fingerprint density at radius 1 is 1.75 bits per heavy atom. The van der Waals surface area contributed by atoms with E-state index in [2.05, 4.69) is 27.8 Å². The van der Waals surface area contributed by atoms with Gasteiger partial charge in [0.15, 0.2) is 0 Å². The van der Waals surface area contributed by atoms with Gasteiger partial charge in [-0.2, -0.15) is 0 Å². The maximum Gasteiger partial charge on any atom is 0.0794 e. The lowest BCUT2D eigenvalue weighted by Gasteiger charge is -2.16. The first kappa shape index (κ1) is 8.70. The van der Waals surface area contributed by atoms with E-state index in [4.69, 9.17) is 0 Å². The van der Waals surface area contributed by atoms with Crippen molar-refractivity contribution in [2.75, 3.05) is 0 Å². The van der Waals surface area contributed by atoms with E-state index in [-0.39, 0.29) is 0 Å². The number of aromatic nitrogens is 1. The number of hydrogen-bond donors (Lipinski definition) is 0. The first-order valence-corrected chi connectivity index (χ1v) is 6.04. The molecule has 1 nitrogen and oxygen atoms in total. The lowest BCUT2D eigenvalue weighted by molar-refractivity contribution is 0.513. The first-order chi connectivity index (χ1) is 5.73. The summed E-state index contributed by atoms with van der Waals surface area (Å²) in [6.07, 6.45) is 5.96. The van der Waals surface area contributed by atoms with Gasteiger partial charge >= 0.3 is 0 Å². The third kappa shape index (κ3) is 1.57. The molecule has 0 N–H and O–H groups in total. The van der Waals surface area contributed by atoms with E-state index < -0.39 is 0 Å². The molecular weight excluding hydrogens is 234 g/mol. The van der Waals surface area contributed by atoms with Crippen molar-refractivity contribution >= 4 is 27.3 Å². The number of thiazole rings is 1. The van der Waals surface area contributed by atoms with Gasteiger partial charge in [-0.25, -0.2) is 0 Å². The summed E-state index contributed by atoms with van der Waals surface area (Å²) >= 11 is 5.46. The summed E-state index contributed by atoms with van der Waals surface area (Å²) in [6.45, 7) is 2.26. The summed E-state index contributed by atoms with van der Waals surface area (Å²) < 4.78 is 0. The Hall–Kier alpha value is 0.110. The van der Waals surface area contributed by atoms with Gasteiger partial charge in [0.2, 0.25) is 0 Å². The van der Waals surface area contributed by atoms with Crippen LogP contribution >= 0.6 is 27.3 Å². The molecule has 1 aromatic heterocycles. The monoisotopic (exact) mass is 245 g/mol. The van der Waals surface area contributed by atoms with Crippen molar-refractivity contribution in [3.05, 3.63) is 16.6 Å². The fourth-order valence-electron chi connectivity index (χ4n) is 1.55. The van der Waals surface area contributed by atoms with E-state index in [1.807, 2.05) is 11.7 Å². The van der Waals surface area contributed by atoms with Gasteiger partial charge in [-0.05, 0) is 24.7 Å². The van der Waals surface area contributed by atoms with Crippen molar-refractivity contribution in [3.63, 3.8) is 0 Å². The normalized spacial score (nSPS) is 22.2. The Labute approximate surface area is 85.3 Å². The van der Waals surface area contributed by atoms with Gasteiger partial charge in [0.05, 0.1) is 5.51 Å². The molecule has 0 radical (unpaired) electrons. The van der Waals surface area contributed by atoms with Crippen LogP contribution in [0, 0.1) is 5.41 Å². The Balaban J connectivity index is 2.04. The molecule has 1 aliphatic rings. The molecule has 0 aromatic carbocycles. The number of halogens is 1. The molecule has 0 saturated heterocycles. The Kier molecular flexibility index (Phi) is 2.25. The van der Waals surface area contributed by atoms with Gasteiger partial charge in [0.1, 0.15) is 0 Å². The third-order valence-electron chi connectivity index (χ3n) is 2.75. The van der Waals surface area contributed by atoms with Gasteiger partial charge in [-0.1, -0.05) is 22.9 Å². The van der Waals surface area contributed by atoms with E-state index in [1.54, 1.807) is 11.3 Å². The highest BCUT2D eigenvalue weighted by molar-refractivity contribution is 9.09. The van der Waals surface area contributed by atoms with Crippen molar-refractivity contribution < 1.29 is 0 Å². The van der Waals surface area contributed by atoms with Crippen molar-refractivity contribution in [2.45, 2.75) is 31.0 Å². The van der Waals surface area contributed by atoms with E-state index >= 15 is 0 Å². The molecule has 0 spiro atoms. The average molecular weight is 246 g/mol. The van der Waals surface area contributed by atoms with Crippen molar-refractivity contribution in [3.8, 4) is 0 Å². The van der Waals surface area contributed by atoms with Crippen LogP contribution in [0.1, 0.15) is 24.6 Å². The van der Waals surface area contributed by atoms with Crippen LogP contribution in [0.15, 0.2) is 11.7 Å². The second-order valence-corrected chi connectivity index (χ2v) is 5.97. The topological polar surface area (TPSA) is 12.9 Å². The second-order valence-electron chi connectivity index (χ2n) is 3.62. The molecule has 1 fully saturated rings. The molecule has 0 amide bonds. The predicted octanol–water partition coefficient (Wildman–Crippen LogP) is 3.25. The molecule has 2 rings (SSSR count). The zero-order valence-corrected chi connectivity index (χ0v) is 9.49. The molecule has 66 valence electrons. The maximum absolute atomic E-state index is 4.10. The standard InChI is InChI=1S/C9H12BrNS/c1-7(10)9(2-3-9)4-8-5-11-6-12-8/h5-7H,2-4H2,1H3. The zero-order valence-electron chi connectivity index (χ0n) is 7.09. The van der Waals surface area contributed by atoms with Crippen LogP contribution in [0.5, 0.6) is 0 Å². The van der Waals surface area contributed by atoms with Crippen LogP contribution in [-0.4, -0.2) is 9.81 Å². The lowest BCUT2D eigenvalue weighted by atomic mass is 9.99. The summed E-state index contributed by atoms with van der Waals surface area (Å²) in [5.41, 5.74) is 2.48. The highest BCUT2D eigenvalue weighted by Gasteiger charge is 2.46. The summed E-state index contributed by atoms with van der Waals surface area (Å²) in [5.74, 6) is 0. The Morgan fingerprint density at radius 2 is 2.50 bits per heavy atom. The fraction of sp³-hybridized carbons (Fsp3) is 0.667. The van der Waals surface area contributed by atoms with Gasteiger partial charge in [-0.3, -0.25) is 4.98 Å².